The van der Waals surface area contributed by atoms with E-state index in [1.807, 2.05) is 12.4 Å². The average Bonchev–Trinajstić information content (AvgIpc) is 3.08. The normalized spacial score (nSPS) is 12.1. The number of aryl methyl sites for hydroxylation is 2. The predicted molar refractivity (Wildman–Crippen MR) is 187 cm³/mol. The Morgan fingerprint density at radius 3 is 1.89 bits per heavy atom. The molecule has 4 aromatic carbocycles. The van der Waals surface area contributed by atoms with Crippen molar-refractivity contribution in [2.45, 2.75) is 39.5 Å². The van der Waals surface area contributed by atoms with Gasteiger partial charge >= 0.3 is 0 Å². The van der Waals surface area contributed by atoms with Crippen molar-refractivity contribution in [3.05, 3.63) is 145 Å². The summed E-state index contributed by atoms with van der Waals surface area (Å²) in [4.78, 5) is 12.0. The second-order valence-corrected chi connectivity index (χ2v) is 11.7. The molecule has 0 radical (unpaired) electrons. The molecule has 4 heteroatoms. The first kappa shape index (κ1) is 27.9. The van der Waals surface area contributed by atoms with Crippen molar-refractivity contribution < 1.29 is 0 Å². The zero-order chi connectivity index (χ0) is 29.9. The van der Waals surface area contributed by atoms with Crippen molar-refractivity contribution in [2.75, 3.05) is 4.90 Å². The van der Waals surface area contributed by atoms with Gasteiger partial charge in [0.1, 0.15) is 0 Å². The molecular formula is C40H36BN3. The van der Waals surface area contributed by atoms with E-state index >= 15 is 0 Å². The van der Waals surface area contributed by atoms with Gasteiger partial charge in [0.25, 0.3) is 0 Å². The number of fused-ring (bicyclic) bond motifs is 2. The SMILES string of the molecule is CCCc1ccnc(-c2cccc(B3c4ccccc4N(c4ccccc4)c4ccc(-c5cc(CCC)ccn5)cc43)c2)c1. The van der Waals surface area contributed by atoms with Gasteiger partial charge in [0.2, 0.25) is 6.71 Å². The largest absolute Gasteiger partial charge is 0.312 e. The summed E-state index contributed by atoms with van der Waals surface area (Å²) >= 11 is 0. The molecule has 1 aliphatic rings. The number of anilines is 3. The highest BCUT2D eigenvalue weighted by molar-refractivity contribution is 6.98. The lowest BCUT2D eigenvalue weighted by Crippen LogP contribution is -2.57. The molecule has 0 fully saturated rings. The number of nitrogens with zero attached hydrogens (tertiary/aromatic N) is 3. The van der Waals surface area contributed by atoms with Crippen LogP contribution in [-0.4, -0.2) is 16.7 Å². The summed E-state index contributed by atoms with van der Waals surface area (Å²) in [5.41, 5.74) is 14.4. The Kier molecular flexibility index (Phi) is 7.81. The lowest BCUT2D eigenvalue weighted by molar-refractivity contribution is 0.919. The zero-order valence-corrected chi connectivity index (χ0v) is 25.4. The van der Waals surface area contributed by atoms with E-state index in [9.17, 15) is 0 Å². The first-order valence-electron chi connectivity index (χ1n) is 15.8. The second kappa shape index (κ2) is 12.3. The van der Waals surface area contributed by atoms with Gasteiger partial charge in [-0.1, -0.05) is 105 Å². The number of hydrogen-bond donors (Lipinski definition) is 0. The molecule has 0 aliphatic carbocycles. The Labute approximate surface area is 261 Å². The first-order valence-corrected chi connectivity index (χ1v) is 15.8. The maximum absolute atomic E-state index is 4.82. The molecule has 0 saturated heterocycles. The summed E-state index contributed by atoms with van der Waals surface area (Å²) in [5.74, 6) is 0. The lowest BCUT2D eigenvalue weighted by atomic mass is 9.35. The number of pyridine rings is 2. The molecule has 1 aliphatic heterocycles. The Morgan fingerprint density at radius 1 is 0.545 bits per heavy atom. The van der Waals surface area contributed by atoms with Gasteiger partial charge in [-0.2, -0.15) is 0 Å². The van der Waals surface area contributed by atoms with Gasteiger partial charge in [0.15, 0.2) is 0 Å². The van der Waals surface area contributed by atoms with Crippen LogP contribution in [0, 0.1) is 0 Å². The molecule has 0 unspecified atom stereocenters. The maximum Gasteiger partial charge on any atom is 0.246 e. The highest BCUT2D eigenvalue weighted by Gasteiger charge is 2.35. The van der Waals surface area contributed by atoms with E-state index in [1.165, 1.54) is 38.9 Å². The van der Waals surface area contributed by atoms with Crippen LogP contribution in [-0.2, 0) is 12.8 Å². The summed E-state index contributed by atoms with van der Waals surface area (Å²) in [5, 5.41) is 0. The number of rotatable bonds is 8. The molecule has 6 aromatic rings. The van der Waals surface area contributed by atoms with Crippen molar-refractivity contribution in [3.8, 4) is 22.5 Å². The minimum Gasteiger partial charge on any atom is -0.312 e. The third-order valence-electron chi connectivity index (χ3n) is 8.62. The Bertz CT molecular complexity index is 1920. The van der Waals surface area contributed by atoms with Gasteiger partial charge in [-0.25, -0.2) is 0 Å². The molecular weight excluding hydrogens is 533 g/mol. The molecule has 0 bridgehead atoms. The van der Waals surface area contributed by atoms with E-state index in [2.05, 4.69) is 140 Å². The van der Waals surface area contributed by atoms with E-state index in [-0.39, 0.29) is 6.71 Å². The van der Waals surface area contributed by atoms with Gasteiger partial charge in [-0.05, 0) is 94.6 Å². The van der Waals surface area contributed by atoms with E-state index in [0.29, 0.717) is 0 Å². The summed E-state index contributed by atoms with van der Waals surface area (Å²) in [6, 6.07) is 44.2. The van der Waals surface area contributed by atoms with Crippen molar-refractivity contribution in [1.82, 2.24) is 9.97 Å². The second-order valence-electron chi connectivity index (χ2n) is 11.7. The molecule has 0 saturated carbocycles. The maximum atomic E-state index is 4.82. The van der Waals surface area contributed by atoms with Crippen LogP contribution in [0.3, 0.4) is 0 Å². The molecule has 0 spiro atoms. The van der Waals surface area contributed by atoms with Crippen LogP contribution in [0.5, 0.6) is 0 Å². The molecule has 0 amide bonds. The Hall–Kier alpha value is -4.96. The van der Waals surface area contributed by atoms with Gasteiger partial charge in [0.05, 0.1) is 11.4 Å². The molecule has 214 valence electrons. The molecule has 7 rings (SSSR count). The van der Waals surface area contributed by atoms with Crippen LogP contribution in [0.15, 0.2) is 134 Å². The smallest absolute Gasteiger partial charge is 0.246 e. The fourth-order valence-corrected chi connectivity index (χ4v) is 6.63. The predicted octanol–water partition coefficient (Wildman–Crippen LogP) is 8.02. The van der Waals surface area contributed by atoms with Crippen LogP contribution >= 0.6 is 0 Å². The summed E-state index contributed by atoms with van der Waals surface area (Å²) in [6.07, 6.45) is 8.25. The van der Waals surface area contributed by atoms with Gasteiger partial charge < -0.3 is 4.90 Å². The molecule has 0 N–H and O–H groups in total. The third kappa shape index (κ3) is 5.33. The summed E-state index contributed by atoms with van der Waals surface area (Å²) < 4.78 is 0. The summed E-state index contributed by atoms with van der Waals surface area (Å²) in [6.45, 7) is 4.50. The van der Waals surface area contributed by atoms with E-state index < -0.39 is 0 Å². The van der Waals surface area contributed by atoms with E-state index in [1.54, 1.807) is 0 Å². The molecule has 0 atom stereocenters. The van der Waals surface area contributed by atoms with Crippen LogP contribution in [0.25, 0.3) is 22.5 Å². The summed E-state index contributed by atoms with van der Waals surface area (Å²) in [7, 11) is 0. The van der Waals surface area contributed by atoms with Crippen LogP contribution in [0.2, 0.25) is 0 Å². The Balaban J connectivity index is 1.42. The number of aromatic nitrogens is 2. The van der Waals surface area contributed by atoms with Crippen molar-refractivity contribution in [2.24, 2.45) is 0 Å². The lowest BCUT2D eigenvalue weighted by Gasteiger charge is -2.37. The van der Waals surface area contributed by atoms with Gasteiger partial charge in [0, 0.05) is 29.5 Å². The molecule has 2 aromatic heterocycles. The topological polar surface area (TPSA) is 29.0 Å². The molecule has 3 heterocycles. The standard InChI is InChI=1S/C40H36BN3/c1-3-11-29-21-23-42-37(25-29)31-13-10-14-33(27-31)41-35-17-8-9-18-39(35)44(34-15-6-5-7-16-34)40-20-19-32(28-36(40)41)38-26-30(12-4-2)22-24-43-38/h5-10,13-28H,3-4,11-12H2,1-2H3. The minimum atomic E-state index is 0.0544. The Morgan fingerprint density at radius 2 is 1.18 bits per heavy atom. The number of hydrogen-bond acceptors (Lipinski definition) is 3. The van der Waals surface area contributed by atoms with E-state index in [0.717, 1.165) is 53.9 Å². The van der Waals surface area contributed by atoms with Crippen LogP contribution < -0.4 is 21.3 Å². The fraction of sp³-hybridized carbons (Fsp3) is 0.150. The minimum absolute atomic E-state index is 0.0544. The molecule has 3 nitrogen and oxygen atoms in total. The fourth-order valence-electron chi connectivity index (χ4n) is 6.63. The number of benzene rings is 4. The van der Waals surface area contributed by atoms with Crippen molar-refractivity contribution in [1.29, 1.82) is 0 Å². The van der Waals surface area contributed by atoms with Gasteiger partial charge in [-0.3, -0.25) is 9.97 Å². The first-order chi connectivity index (χ1) is 21.7. The highest BCUT2D eigenvalue weighted by Crippen LogP contribution is 2.37. The van der Waals surface area contributed by atoms with Crippen molar-refractivity contribution in [3.63, 3.8) is 0 Å². The average molecular weight is 570 g/mol. The third-order valence-corrected chi connectivity index (χ3v) is 8.62. The van der Waals surface area contributed by atoms with Crippen LogP contribution in [0.1, 0.15) is 37.8 Å². The van der Waals surface area contributed by atoms with E-state index in [4.69, 9.17) is 9.97 Å². The number of para-hydroxylation sites is 2. The monoisotopic (exact) mass is 569 g/mol. The van der Waals surface area contributed by atoms with Gasteiger partial charge in [-0.15, -0.1) is 0 Å². The van der Waals surface area contributed by atoms with Crippen molar-refractivity contribution >= 4 is 40.2 Å². The quantitative estimate of drug-likeness (QED) is 0.174. The molecule has 44 heavy (non-hydrogen) atoms. The highest BCUT2D eigenvalue weighted by atomic mass is 15.1. The van der Waals surface area contributed by atoms with Crippen LogP contribution in [0.4, 0.5) is 17.1 Å². The zero-order valence-electron chi connectivity index (χ0n) is 25.4.